The van der Waals surface area contributed by atoms with E-state index in [2.05, 4.69) is 5.32 Å². The molecule has 1 fully saturated rings. The van der Waals surface area contributed by atoms with Crippen molar-refractivity contribution in [1.82, 2.24) is 5.32 Å². The molecule has 1 unspecified atom stereocenters. The molecule has 3 N–H and O–H groups in total. The minimum Gasteiger partial charge on any atom is -0.328 e. The SMILES string of the molecule is CC.NC1CCCNCC1. The largest absolute Gasteiger partial charge is 0.328 e. The Morgan fingerprint density at radius 2 is 1.90 bits per heavy atom. The second-order valence-electron chi connectivity index (χ2n) is 2.44. The average molecular weight is 144 g/mol. The molecule has 0 aromatic carbocycles. The minimum atomic E-state index is 0.463. The Morgan fingerprint density at radius 3 is 2.60 bits per heavy atom. The number of rotatable bonds is 0. The summed E-state index contributed by atoms with van der Waals surface area (Å²) in [4.78, 5) is 0. The summed E-state index contributed by atoms with van der Waals surface area (Å²) in [5, 5.41) is 3.30. The molecule has 1 heterocycles. The van der Waals surface area contributed by atoms with E-state index < -0.39 is 0 Å². The summed E-state index contributed by atoms with van der Waals surface area (Å²) >= 11 is 0. The Balaban J connectivity index is 0.000000371. The van der Waals surface area contributed by atoms with Gasteiger partial charge < -0.3 is 11.1 Å². The molecule has 1 rings (SSSR count). The first-order chi connectivity index (χ1) is 4.89. The Bertz CT molecular complexity index is 56.3. The molecule has 2 heteroatoms. The maximum absolute atomic E-state index is 5.69. The molecule has 0 aromatic rings. The van der Waals surface area contributed by atoms with E-state index in [1.54, 1.807) is 0 Å². The number of hydrogen-bond donors (Lipinski definition) is 2. The van der Waals surface area contributed by atoms with Crippen molar-refractivity contribution in [1.29, 1.82) is 0 Å². The first-order valence-corrected chi connectivity index (χ1v) is 4.36. The maximum Gasteiger partial charge on any atom is 0.00513 e. The first kappa shape index (κ1) is 9.92. The van der Waals surface area contributed by atoms with Gasteiger partial charge in [0.15, 0.2) is 0 Å². The summed E-state index contributed by atoms with van der Waals surface area (Å²) in [5.74, 6) is 0. The number of hydrogen-bond acceptors (Lipinski definition) is 2. The minimum absolute atomic E-state index is 0.463. The first-order valence-electron chi connectivity index (χ1n) is 4.36. The van der Waals surface area contributed by atoms with Crippen molar-refractivity contribution in [3.05, 3.63) is 0 Å². The van der Waals surface area contributed by atoms with E-state index in [0.717, 1.165) is 19.5 Å². The van der Waals surface area contributed by atoms with Gasteiger partial charge in [0.05, 0.1) is 0 Å². The molecule has 0 aliphatic carbocycles. The maximum atomic E-state index is 5.69. The van der Waals surface area contributed by atoms with E-state index in [1.165, 1.54) is 12.8 Å². The van der Waals surface area contributed by atoms with Crippen LogP contribution in [0.1, 0.15) is 33.1 Å². The zero-order valence-corrected chi connectivity index (χ0v) is 7.19. The van der Waals surface area contributed by atoms with Crippen molar-refractivity contribution >= 4 is 0 Å². The topological polar surface area (TPSA) is 38.0 Å². The molecule has 0 spiro atoms. The highest BCUT2D eigenvalue weighted by molar-refractivity contribution is 4.67. The van der Waals surface area contributed by atoms with Crippen LogP contribution in [0.4, 0.5) is 0 Å². The van der Waals surface area contributed by atoms with E-state index in [9.17, 15) is 0 Å². The van der Waals surface area contributed by atoms with Crippen molar-refractivity contribution in [3.8, 4) is 0 Å². The van der Waals surface area contributed by atoms with Crippen LogP contribution in [0.2, 0.25) is 0 Å². The highest BCUT2D eigenvalue weighted by Gasteiger charge is 2.04. The molecule has 0 radical (unpaired) electrons. The van der Waals surface area contributed by atoms with Crippen molar-refractivity contribution in [2.24, 2.45) is 5.73 Å². The third kappa shape index (κ3) is 4.77. The van der Waals surface area contributed by atoms with Gasteiger partial charge in [-0.05, 0) is 32.4 Å². The van der Waals surface area contributed by atoms with E-state index in [0.29, 0.717) is 6.04 Å². The van der Waals surface area contributed by atoms with Gasteiger partial charge in [-0.15, -0.1) is 0 Å². The summed E-state index contributed by atoms with van der Waals surface area (Å²) in [5.41, 5.74) is 5.69. The summed E-state index contributed by atoms with van der Waals surface area (Å²) in [6.45, 7) is 6.27. The smallest absolute Gasteiger partial charge is 0.00513 e. The number of nitrogens with two attached hydrogens (primary N) is 1. The van der Waals surface area contributed by atoms with Gasteiger partial charge in [0.25, 0.3) is 0 Å². The van der Waals surface area contributed by atoms with Crippen LogP contribution < -0.4 is 11.1 Å². The molecule has 10 heavy (non-hydrogen) atoms. The Kier molecular flexibility index (Phi) is 6.98. The van der Waals surface area contributed by atoms with Crippen LogP contribution in [0.3, 0.4) is 0 Å². The molecule has 0 bridgehead atoms. The van der Waals surface area contributed by atoms with Gasteiger partial charge in [-0.25, -0.2) is 0 Å². The molecule has 1 atom stereocenters. The Hall–Kier alpha value is -0.0800. The molecule has 0 amide bonds. The average Bonchev–Trinajstić information content (AvgIpc) is 2.21. The molecule has 0 saturated carbocycles. The van der Waals surface area contributed by atoms with Crippen LogP contribution in [0.15, 0.2) is 0 Å². The summed E-state index contributed by atoms with van der Waals surface area (Å²) in [6, 6.07) is 0.463. The van der Waals surface area contributed by atoms with Crippen molar-refractivity contribution in [2.75, 3.05) is 13.1 Å². The predicted octanol–water partition coefficient (Wildman–Crippen LogP) is 1.11. The van der Waals surface area contributed by atoms with Gasteiger partial charge in [0, 0.05) is 6.04 Å². The van der Waals surface area contributed by atoms with Crippen LogP contribution in [0, 0.1) is 0 Å². The van der Waals surface area contributed by atoms with E-state index >= 15 is 0 Å². The lowest BCUT2D eigenvalue weighted by molar-refractivity contribution is 0.599. The zero-order valence-electron chi connectivity index (χ0n) is 7.19. The summed E-state index contributed by atoms with van der Waals surface area (Å²) in [6.07, 6.45) is 3.61. The van der Waals surface area contributed by atoms with Gasteiger partial charge in [0.2, 0.25) is 0 Å². The number of nitrogens with one attached hydrogen (secondary N) is 1. The standard InChI is InChI=1S/C6H14N2.C2H6/c7-6-2-1-4-8-5-3-6;1-2/h6,8H,1-5,7H2;1-2H3. The second kappa shape index (κ2) is 7.03. The van der Waals surface area contributed by atoms with E-state index in [4.69, 9.17) is 5.73 Å². The fourth-order valence-electron chi connectivity index (χ4n) is 1.05. The fourth-order valence-corrected chi connectivity index (χ4v) is 1.05. The lowest BCUT2D eigenvalue weighted by Gasteiger charge is -2.02. The normalized spacial score (nSPS) is 26.1. The lowest BCUT2D eigenvalue weighted by atomic mass is 10.1. The molecule has 62 valence electrons. The zero-order chi connectivity index (χ0) is 7.82. The Morgan fingerprint density at radius 1 is 1.20 bits per heavy atom. The van der Waals surface area contributed by atoms with Crippen molar-refractivity contribution in [3.63, 3.8) is 0 Å². The summed E-state index contributed by atoms with van der Waals surface area (Å²) in [7, 11) is 0. The molecule has 1 saturated heterocycles. The van der Waals surface area contributed by atoms with Crippen LogP contribution in [-0.4, -0.2) is 19.1 Å². The van der Waals surface area contributed by atoms with Crippen molar-refractivity contribution in [2.45, 2.75) is 39.2 Å². The van der Waals surface area contributed by atoms with E-state index in [1.807, 2.05) is 13.8 Å². The van der Waals surface area contributed by atoms with Gasteiger partial charge >= 0.3 is 0 Å². The molecule has 2 nitrogen and oxygen atoms in total. The molecule has 1 aliphatic rings. The molecule has 1 aliphatic heterocycles. The fraction of sp³-hybridized carbons (Fsp3) is 1.00. The van der Waals surface area contributed by atoms with Crippen molar-refractivity contribution < 1.29 is 0 Å². The molecular formula is C8H20N2. The van der Waals surface area contributed by atoms with Crippen LogP contribution >= 0.6 is 0 Å². The highest BCUT2D eigenvalue weighted by Crippen LogP contribution is 2.00. The predicted molar refractivity (Wildman–Crippen MR) is 46.0 cm³/mol. The van der Waals surface area contributed by atoms with Crippen LogP contribution in [-0.2, 0) is 0 Å². The van der Waals surface area contributed by atoms with Crippen LogP contribution in [0.25, 0.3) is 0 Å². The van der Waals surface area contributed by atoms with Crippen LogP contribution in [0.5, 0.6) is 0 Å². The van der Waals surface area contributed by atoms with Gasteiger partial charge in [-0.3, -0.25) is 0 Å². The monoisotopic (exact) mass is 144 g/mol. The second-order valence-corrected chi connectivity index (χ2v) is 2.44. The quantitative estimate of drug-likeness (QED) is 0.534. The van der Waals surface area contributed by atoms with Gasteiger partial charge in [-0.1, -0.05) is 13.8 Å². The molecular weight excluding hydrogens is 124 g/mol. The van der Waals surface area contributed by atoms with Gasteiger partial charge in [0.1, 0.15) is 0 Å². The molecule has 0 aromatic heterocycles. The highest BCUT2D eigenvalue weighted by atomic mass is 14.9. The van der Waals surface area contributed by atoms with E-state index in [-0.39, 0.29) is 0 Å². The third-order valence-electron chi connectivity index (χ3n) is 1.62. The van der Waals surface area contributed by atoms with Gasteiger partial charge in [-0.2, -0.15) is 0 Å². The Labute approximate surface area is 64.2 Å². The third-order valence-corrected chi connectivity index (χ3v) is 1.62. The summed E-state index contributed by atoms with van der Waals surface area (Å²) < 4.78 is 0. The lowest BCUT2D eigenvalue weighted by Crippen LogP contribution is -2.21.